The fraction of sp³-hybridized carbons (Fsp3) is 0.0500. The summed E-state index contributed by atoms with van der Waals surface area (Å²) >= 11 is 0. The van der Waals surface area contributed by atoms with E-state index < -0.39 is 10.1 Å². The third-order valence-corrected chi connectivity index (χ3v) is 4.22. The monoisotopic (exact) mass is 369 g/mol. The molecule has 3 rings (SSSR count). The molecule has 0 saturated heterocycles. The second-order valence-corrected chi connectivity index (χ2v) is 6.83. The van der Waals surface area contributed by atoms with Crippen LogP contribution in [0.5, 0.6) is 0 Å². The fourth-order valence-corrected chi connectivity index (χ4v) is 2.65. The van der Waals surface area contributed by atoms with E-state index in [0.29, 0.717) is 5.69 Å². The van der Waals surface area contributed by atoms with Crippen LogP contribution in [0.25, 0.3) is 11.1 Å². The van der Waals surface area contributed by atoms with Crippen LogP contribution in [0.15, 0.2) is 89.8 Å². The van der Waals surface area contributed by atoms with Crippen LogP contribution in [-0.4, -0.2) is 18.9 Å². The maximum absolute atomic E-state index is 10.6. The second-order valence-electron chi connectivity index (χ2n) is 5.41. The number of hydrogen-bond acceptors (Lipinski definition) is 3. The highest BCUT2D eigenvalue weighted by Gasteiger charge is 2.08. The maximum atomic E-state index is 10.6. The molecule has 0 spiro atoms. The Morgan fingerprint density at radius 2 is 1.19 bits per heavy atom. The molecule has 0 fully saturated rings. The number of hydrogen-bond donors (Lipinski definition) is 2. The minimum atomic E-state index is -4.16. The van der Waals surface area contributed by atoms with Gasteiger partial charge in [0.25, 0.3) is 10.1 Å². The molecule has 0 saturated carbocycles. The van der Waals surface area contributed by atoms with Gasteiger partial charge in [0.2, 0.25) is 5.91 Å². The van der Waals surface area contributed by atoms with E-state index in [4.69, 9.17) is 4.55 Å². The Morgan fingerprint density at radius 3 is 1.54 bits per heavy atom. The average Bonchev–Trinajstić information content (AvgIpc) is 2.63. The number of anilines is 1. The zero-order valence-corrected chi connectivity index (χ0v) is 15.0. The summed E-state index contributed by atoms with van der Waals surface area (Å²) in [6.07, 6.45) is 0. The van der Waals surface area contributed by atoms with Crippen LogP contribution < -0.4 is 5.32 Å². The first-order valence-electron chi connectivity index (χ1n) is 7.82. The summed E-state index contributed by atoms with van der Waals surface area (Å²) < 4.78 is 29.9. The molecule has 0 aliphatic carbocycles. The maximum Gasteiger partial charge on any atom is 0.294 e. The molecule has 1 amide bonds. The molecule has 3 aromatic carbocycles. The van der Waals surface area contributed by atoms with Crippen molar-refractivity contribution < 1.29 is 17.8 Å². The molecule has 0 heterocycles. The number of rotatable bonds is 3. The lowest BCUT2D eigenvalue weighted by atomic mass is 10.1. The van der Waals surface area contributed by atoms with Crippen LogP contribution in [-0.2, 0) is 14.9 Å². The zero-order valence-electron chi connectivity index (χ0n) is 14.2. The van der Waals surface area contributed by atoms with E-state index in [2.05, 4.69) is 53.8 Å². The van der Waals surface area contributed by atoms with Crippen LogP contribution in [0.2, 0.25) is 0 Å². The second kappa shape index (κ2) is 8.94. The highest BCUT2D eigenvalue weighted by atomic mass is 32.2. The van der Waals surface area contributed by atoms with E-state index in [1.54, 1.807) is 0 Å². The molecular formula is C20H19NO4S. The summed E-state index contributed by atoms with van der Waals surface area (Å²) in [6.45, 7) is 1.34. The molecule has 0 aliphatic rings. The van der Waals surface area contributed by atoms with Crippen LogP contribution in [0.1, 0.15) is 6.92 Å². The minimum Gasteiger partial charge on any atom is -0.326 e. The molecule has 134 valence electrons. The highest BCUT2D eigenvalue weighted by Crippen LogP contribution is 2.17. The van der Waals surface area contributed by atoms with Crippen molar-refractivity contribution in [2.24, 2.45) is 0 Å². The van der Waals surface area contributed by atoms with E-state index in [-0.39, 0.29) is 10.8 Å². The Labute approximate surface area is 153 Å². The largest absolute Gasteiger partial charge is 0.326 e. The summed E-state index contributed by atoms with van der Waals surface area (Å²) in [5, 5.41) is 2.47. The molecule has 3 aromatic rings. The normalized spacial score (nSPS) is 10.4. The SMILES string of the molecule is CC(=O)Nc1ccc(S(=O)(=O)O)cc1.c1ccc(-c2ccccc2)cc1. The molecule has 0 aliphatic heterocycles. The number of benzene rings is 3. The Morgan fingerprint density at radius 1 is 0.769 bits per heavy atom. The van der Waals surface area contributed by atoms with Gasteiger partial charge in [-0.05, 0) is 35.4 Å². The van der Waals surface area contributed by atoms with E-state index in [9.17, 15) is 13.2 Å². The van der Waals surface area contributed by atoms with Crippen molar-refractivity contribution in [3.63, 3.8) is 0 Å². The quantitative estimate of drug-likeness (QED) is 0.676. The summed E-state index contributed by atoms with van der Waals surface area (Å²) in [4.78, 5) is 10.4. The first kappa shape index (κ1) is 19.4. The molecule has 0 bridgehead atoms. The van der Waals surface area contributed by atoms with Crippen LogP contribution in [0.3, 0.4) is 0 Å². The van der Waals surface area contributed by atoms with Gasteiger partial charge in [0.05, 0.1) is 4.90 Å². The number of carbonyl (C=O) groups is 1. The third-order valence-electron chi connectivity index (χ3n) is 3.35. The molecule has 5 nitrogen and oxygen atoms in total. The summed E-state index contributed by atoms with van der Waals surface area (Å²) in [5.41, 5.74) is 3.03. The van der Waals surface area contributed by atoms with Gasteiger partial charge in [-0.1, -0.05) is 60.7 Å². The van der Waals surface area contributed by atoms with Gasteiger partial charge in [-0.15, -0.1) is 0 Å². The molecule has 26 heavy (non-hydrogen) atoms. The van der Waals surface area contributed by atoms with Crippen molar-refractivity contribution in [1.82, 2.24) is 0 Å². The van der Waals surface area contributed by atoms with Gasteiger partial charge < -0.3 is 5.32 Å². The molecular weight excluding hydrogens is 350 g/mol. The van der Waals surface area contributed by atoms with Crippen molar-refractivity contribution in [3.8, 4) is 11.1 Å². The number of carbonyl (C=O) groups excluding carboxylic acids is 1. The average molecular weight is 369 g/mol. The minimum absolute atomic E-state index is 0.202. The first-order chi connectivity index (χ1) is 12.4. The first-order valence-corrected chi connectivity index (χ1v) is 9.26. The lowest BCUT2D eigenvalue weighted by molar-refractivity contribution is -0.114. The number of nitrogens with one attached hydrogen (secondary N) is 1. The van der Waals surface area contributed by atoms with Crippen molar-refractivity contribution in [3.05, 3.63) is 84.9 Å². The van der Waals surface area contributed by atoms with Crippen molar-refractivity contribution >= 4 is 21.7 Å². The Kier molecular flexibility index (Phi) is 6.66. The summed E-state index contributed by atoms with van der Waals surface area (Å²) in [7, 11) is -4.16. The molecule has 0 aromatic heterocycles. The molecule has 2 N–H and O–H groups in total. The standard InChI is InChI=1S/C12H10.C8H9NO4S/c1-3-7-11(8-4-1)12-9-5-2-6-10-12;1-6(10)9-7-2-4-8(5-3-7)14(11,12)13/h1-10H;2-5H,1H3,(H,9,10)(H,11,12,13). The Bertz CT molecular complexity index is 901. The van der Waals surface area contributed by atoms with Gasteiger partial charge >= 0.3 is 0 Å². The van der Waals surface area contributed by atoms with E-state index in [1.807, 2.05) is 12.1 Å². The van der Waals surface area contributed by atoms with Gasteiger partial charge in [0.15, 0.2) is 0 Å². The third kappa shape index (κ3) is 6.16. The van der Waals surface area contributed by atoms with Crippen molar-refractivity contribution in [2.75, 3.05) is 5.32 Å². The fourth-order valence-electron chi connectivity index (χ4n) is 2.17. The van der Waals surface area contributed by atoms with Gasteiger partial charge in [-0.25, -0.2) is 0 Å². The van der Waals surface area contributed by atoms with E-state index in [0.717, 1.165) is 0 Å². The molecule has 0 atom stereocenters. The smallest absolute Gasteiger partial charge is 0.294 e. The van der Waals surface area contributed by atoms with E-state index in [1.165, 1.54) is 42.3 Å². The summed E-state index contributed by atoms with van der Waals surface area (Å²) in [6, 6.07) is 26.0. The lowest BCUT2D eigenvalue weighted by Gasteiger charge is -2.01. The predicted octanol–water partition coefficient (Wildman–Crippen LogP) is 4.25. The molecule has 0 unspecified atom stereocenters. The Hall–Kier alpha value is -2.96. The topological polar surface area (TPSA) is 83.5 Å². The number of amides is 1. The molecule has 0 radical (unpaired) electrons. The van der Waals surface area contributed by atoms with Gasteiger partial charge in [0.1, 0.15) is 0 Å². The van der Waals surface area contributed by atoms with Crippen LogP contribution in [0.4, 0.5) is 5.69 Å². The predicted molar refractivity (Wildman–Crippen MR) is 102 cm³/mol. The lowest BCUT2D eigenvalue weighted by Crippen LogP contribution is -2.06. The van der Waals surface area contributed by atoms with Gasteiger partial charge in [-0.2, -0.15) is 8.42 Å². The van der Waals surface area contributed by atoms with Crippen LogP contribution in [0, 0.1) is 0 Å². The summed E-state index contributed by atoms with van der Waals surface area (Å²) in [5.74, 6) is -0.246. The Balaban J connectivity index is 0.000000189. The van der Waals surface area contributed by atoms with Crippen LogP contribution >= 0.6 is 0 Å². The van der Waals surface area contributed by atoms with Crippen molar-refractivity contribution in [1.29, 1.82) is 0 Å². The van der Waals surface area contributed by atoms with E-state index >= 15 is 0 Å². The van der Waals surface area contributed by atoms with Gasteiger partial charge in [0, 0.05) is 12.6 Å². The van der Waals surface area contributed by atoms with Gasteiger partial charge in [-0.3, -0.25) is 9.35 Å². The highest BCUT2D eigenvalue weighted by molar-refractivity contribution is 7.85. The zero-order chi connectivity index (χ0) is 19.0. The van der Waals surface area contributed by atoms with Crippen molar-refractivity contribution in [2.45, 2.75) is 11.8 Å². The molecule has 6 heteroatoms.